The summed E-state index contributed by atoms with van der Waals surface area (Å²) in [6, 6.07) is -4.57. The molecule has 1 fully saturated rings. The maximum absolute atomic E-state index is 8.15. The van der Waals surface area contributed by atoms with Gasteiger partial charge in [0.2, 0.25) is 0 Å². The molecule has 0 N–H and O–H groups in total. The van der Waals surface area contributed by atoms with E-state index in [1.54, 1.807) is 0 Å². The Morgan fingerprint density at radius 2 is 1.13 bits per heavy atom. The van der Waals surface area contributed by atoms with Gasteiger partial charge in [-0.25, -0.2) is 0 Å². The minimum Gasteiger partial charge on any atom is -0.0622 e. The minimum atomic E-state index is -1.15. The second kappa shape index (κ2) is 3.23. The predicted octanol–water partition coefficient (Wildman–Crippen LogP) is 3.77. The number of hydrogen-bond donors (Lipinski definition) is 0. The van der Waals surface area contributed by atoms with Crippen LogP contribution in [0.25, 0.3) is 0 Å². The molecule has 0 aromatic heterocycles. The molecule has 3 rings (SSSR count). The fourth-order valence-electron chi connectivity index (χ4n) is 1.73. The molecule has 1 aliphatic carbocycles. The van der Waals surface area contributed by atoms with Gasteiger partial charge in [-0.3, -0.25) is 0 Å². The molecule has 1 saturated carbocycles. The molecule has 0 amide bonds. The lowest BCUT2D eigenvalue weighted by Crippen LogP contribution is -2.07. The van der Waals surface area contributed by atoms with Crippen LogP contribution in [0.3, 0.4) is 0 Å². The second-order valence-corrected chi connectivity index (χ2v) is 3.58. The van der Waals surface area contributed by atoms with Crippen LogP contribution in [-0.4, -0.2) is 0 Å². The van der Waals surface area contributed by atoms with Gasteiger partial charge in [-0.2, -0.15) is 0 Å². The fourth-order valence-corrected chi connectivity index (χ4v) is 1.73. The lowest BCUT2D eigenvalue weighted by atomic mass is 9.88. The molecule has 0 bridgehead atoms. The van der Waals surface area contributed by atoms with Crippen LogP contribution in [0.15, 0.2) is 60.4 Å². The highest BCUT2D eigenvalue weighted by Gasteiger charge is 2.45. The van der Waals surface area contributed by atoms with Crippen molar-refractivity contribution < 1.29 is 13.7 Å². The monoisotopic (exact) mass is 204 g/mol. The van der Waals surface area contributed by atoms with Crippen LogP contribution in [0, 0.1) is 0 Å². The van der Waals surface area contributed by atoms with Gasteiger partial charge in [0.25, 0.3) is 0 Å². The van der Waals surface area contributed by atoms with Crippen LogP contribution in [0.1, 0.15) is 37.7 Å². The summed E-state index contributed by atoms with van der Waals surface area (Å²) in [6.07, 6.45) is 0.712. The van der Waals surface area contributed by atoms with Gasteiger partial charge in [0.05, 0.1) is 13.7 Å². The summed E-state index contributed by atoms with van der Waals surface area (Å²) in [7, 11) is 0. The quantitative estimate of drug-likeness (QED) is 0.698. The molecule has 74 valence electrons. The summed E-state index contributed by atoms with van der Waals surface area (Å²) < 4.78 is 79.3. The van der Waals surface area contributed by atoms with E-state index in [2.05, 4.69) is 0 Å². The first kappa shape index (κ1) is 3.21. The number of rotatable bonds is 2. The average Bonchev–Trinajstić information content (AvgIpc) is 3.36. The maximum atomic E-state index is 8.15. The molecule has 0 heteroatoms. The third kappa shape index (κ3) is 1.37. The fraction of sp³-hybridized carbons (Fsp3) is 0.200. The second-order valence-electron chi connectivity index (χ2n) is 3.58. The van der Waals surface area contributed by atoms with Crippen LogP contribution in [0.5, 0.6) is 0 Å². The zero-order chi connectivity index (χ0) is 18.8. The molecule has 0 atom stereocenters. The van der Waals surface area contributed by atoms with E-state index in [9.17, 15) is 0 Å². The molecule has 1 aliphatic rings. The van der Waals surface area contributed by atoms with Gasteiger partial charge in [0.15, 0.2) is 0 Å². The summed E-state index contributed by atoms with van der Waals surface area (Å²) in [4.78, 5) is 0. The molecule has 15 heavy (non-hydrogen) atoms. The molecule has 0 radical (unpaired) electrons. The van der Waals surface area contributed by atoms with E-state index < -0.39 is 65.8 Å². The van der Waals surface area contributed by atoms with Crippen molar-refractivity contribution in [2.24, 2.45) is 0 Å². The van der Waals surface area contributed by atoms with Crippen LogP contribution < -0.4 is 0 Å². The largest absolute Gasteiger partial charge is 0.0626 e. The highest BCUT2D eigenvalue weighted by molar-refractivity contribution is 5.44. The van der Waals surface area contributed by atoms with E-state index >= 15 is 0 Å². The Hall–Kier alpha value is -1.56. The summed E-state index contributed by atoms with van der Waals surface area (Å²) in [5, 5.41) is 0. The standard InChI is InChI=1S/C15H14/c1-3-7-13(8-4-1)15(11-12-15)14-9-5-2-6-10-14/h1-10H,11-12H2/i1D,2D,3D,4D,5D,6D,7D,8D,9D,10D. The molecule has 0 spiro atoms. The third-order valence-electron chi connectivity index (χ3n) is 2.71. The smallest absolute Gasteiger partial charge is 0.0622 e. The molecule has 0 nitrogen and oxygen atoms in total. The summed E-state index contributed by atoms with van der Waals surface area (Å²) in [5.74, 6) is 0. The zero-order valence-electron chi connectivity index (χ0n) is 17.9. The van der Waals surface area contributed by atoms with E-state index in [0.29, 0.717) is 12.8 Å². The van der Waals surface area contributed by atoms with Crippen molar-refractivity contribution in [3.05, 3.63) is 71.6 Å². The third-order valence-corrected chi connectivity index (χ3v) is 2.71. The van der Waals surface area contributed by atoms with Crippen LogP contribution in [0.2, 0.25) is 0 Å². The Kier molecular flexibility index (Phi) is 0.693. The Labute approximate surface area is 105 Å². The average molecular weight is 204 g/mol. The number of hydrogen-bond acceptors (Lipinski definition) is 0. The van der Waals surface area contributed by atoms with Gasteiger partial charge < -0.3 is 0 Å². The van der Waals surface area contributed by atoms with E-state index in [1.165, 1.54) is 0 Å². The normalized spacial score (nSPS) is 26.7. The molecule has 0 unspecified atom stereocenters. The predicted molar refractivity (Wildman–Crippen MR) is 62.9 cm³/mol. The van der Waals surface area contributed by atoms with Gasteiger partial charge in [0.1, 0.15) is 0 Å². The van der Waals surface area contributed by atoms with E-state index in [1.807, 2.05) is 0 Å². The van der Waals surface area contributed by atoms with Crippen LogP contribution in [-0.2, 0) is 5.41 Å². The van der Waals surface area contributed by atoms with Crippen molar-refractivity contribution in [3.63, 3.8) is 0 Å². The Morgan fingerprint density at radius 1 is 0.733 bits per heavy atom. The van der Waals surface area contributed by atoms with Gasteiger partial charge in [0, 0.05) is 5.41 Å². The summed E-state index contributed by atoms with van der Waals surface area (Å²) in [6.45, 7) is 0. The highest BCUT2D eigenvalue weighted by atomic mass is 14.5. The molecule has 0 heterocycles. The van der Waals surface area contributed by atoms with Crippen molar-refractivity contribution in [1.82, 2.24) is 0 Å². The van der Waals surface area contributed by atoms with Crippen LogP contribution in [0.4, 0.5) is 0 Å². The number of benzene rings is 2. The lowest BCUT2D eigenvalue weighted by molar-refractivity contribution is 0.847. The molecule has 2 aromatic carbocycles. The van der Waals surface area contributed by atoms with Crippen molar-refractivity contribution in [2.75, 3.05) is 0 Å². The topological polar surface area (TPSA) is 0 Å². The summed E-state index contributed by atoms with van der Waals surface area (Å²) in [5.41, 5.74) is -1.16. The molecule has 2 aromatic rings. The van der Waals surface area contributed by atoms with Gasteiger partial charge in [-0.1, -0.05) is 60.4 Å². The highest BCUT2D eigenvalue weighted by Crippen LogP contribution is 2.53. The van der Waals surface area contributed by atoms with Crippen molar-refractivity contribution in [1.29, 1.82) is 0 Å². The zero-order valence-corrected chi connectivity index (χ0v) is 7.91. The Balaban J connectivity index is 2.39. The Morgan fingerprint density at radius 3 is 1.47 bits per heavy atom. The first-order chi connectivity index (χ1) is 11.6. The van der Waals surface area contributed by atoms with Gasteiger partial charge in [-0.15, -0.1) is 0 Å². The Bertz CT molecular complexity index is 784. The SMILES string of the molecule is [2H]c1c([2H])c([2H])c(C2(c3c([2H])c([2H])c([2H])c([2H])c3[2H])CC2)c([2H])c1[2H]. The van der Waals surface area contributed by atoms with Crippen molar-refractivity contribution >= 4 is 0 Å². The van der Waals surface area contributed by atoms with E-state index in [4.69, 9.17) is 13.7 Å². The molecular weight excluding hydrogens is 180 g/mol. The first-order valence-corrected chi connectivity index (χ1v) is 4.71. The van der Waals surface area contributed by atoms with Crippen molar-refractivity contribution in [3.8, 4) is 0 Å². The lowest BCUT2D eigenvalue weighted by Gasteiger charge is -2.15. The summed E-state index contributed by atoms with van der Waals surface area (Å²) >= 11 is 0. The minimum absolute atomic E-state index is 0.00275. The van der Waals surface area contributed by atoms with E-state index in [0.717, 1.165) is 0 Å². The molecule has 0 saturated heterocycles. The molecule has 0 aliphatic heterocycles. The van der Waals surface area contributed by atoms with E-state index in [-0.39, 0.29) is 11.1 Å². The molecular formula is C15H14. The first-order valence-electron chi connectivity index (χ1n) is 9.71. The van der Waals surface area contributed by atoms with Crippen molar-refractivity contribution in [2.45, 2.75) is 18.3 Å². The van der Waals surface area contributed by atoms with Crippen LogP contribution >= 0.6 is 0 Å². The van der Waals surface area contributed by atoms with Gasteiger partial charge in [-0.05, 0) is 24.0 Å². The van der Waals surface area contributed by atoms with Gasteiger partial charge >= 0.3 is 0 Å². The maximum Gasteiger partial charge on any atom is 0.0626 e.